The molecule has 6 rings (SSSR count). The summed E-state index contributed by atoms with van der Waals surface area (Å²) < 4.78 is 0. The Morgan fingerprint density at radius 2 is 1.40 bits per heavy atom. The first-order valence-corrected chi connectivity index (χ1v) is 14.5. The van der Waals surface area contributed by atoms with E-state index in [0.29, 0.717) is 11.1 Å². The van der Waals surface area contributed by atoms with E-state index in [-0.39, 0.29) is 18.7 Å². The first kappa shape index (κ1) is 26.5. The van der Waals surface area contributed by atoms with Gasteiger partial charge in [0.2, 0.25) is 11.8 Å². The summed E-state index contributed by atoms with van der Waals surface area (Å²) in [5.41, 5.74) is 4.22. The smallest absolute Gasteiger partial charge is 0.262 e. The number of benzene rings is 2. The number of piperazine rings is 1. The van der Waals surface area contributed by atoms with Gasteiger partial charge in [-0.05, 0) is 75.4 Å². The van der Waals surface area contributed by atoms with E-state index >= 15 is 0 Å². The van der Waals surface area contributed by atoms with E-state index in [1.165, 1.54) is 30.5 Å². The molecule has 9 nitrogen and oxygen atoms in total. The molecule has 1 atom stereocenters. The number of hydrogen-bond donors (Lipinski definition) is 1. The second kappa shape index (κ2) is 11.0. The van der Waals surface area contributed by atoms with E-state index in [1.54, 1.807) is 12.1 Å². The summed E-state index contributed by atoms with van der Waals surface area (Å²) in [6.07, 6.45) is 3.99. The summed E-state index contributed by atoms with van der Waals surface area (Å²) in [6.45, 7) is 9.16. The minimum atomic E-state index is -0.938. The molecule has 9 heteroatoms. The molecule has 2 aromatic rings. The number of rotatable bonds is 6. The largest absolute Gasteiger partial charge is 0.372 e. The van der Waals surface area contributed by atoms with Gasteiger partial charge in [0.05, 0.1) is 11.1 Å². The Bertz CT molecular complexity index is 1310. The van der Waals surface area contributed by atoms with E-state index in [4.69, 9.17) is 0 Å². The number of hydrogen-bond acceptors (Lipinski definition) is 7. The highest BCUT2D eigenvalue weighted by Gasteiger charge is 2.44. The maximum absolute atomic E-state index is 13.2. The number of nitrogens with zero attached hydrogens (tertiary/aromatic N) is 4. The van der Waals surface area contributed by atoms with Gasteiger partial charge in [0.1, 0.15) is 6.04 Å². The number of nitrogens with one attached hydrogen (secondary N) is 1. The Morgan fingerprint density at radius 3 is 2.10 bits per heavy atom. The van der Waals surface area contributed by atoms with Crippen LogP contribution in [0.2, 0.25) is 0 Å². The van der Waals surface area contributed by atoms with Gasteiger partial charge in [-0.1, -0.05) is 17.7 Å². The number of carbonyl (C=O) groups is 4. The molecule has 40 heavy (non-hydrogen) atoms. The SMILES string of the molecule is Cc1ccc(N2CCC(CCN3CCN(c4ccc5c(c4)C(=O)N(C4CCC(=O)NC4=O)C5=O)CC3)CC2)cc1. The lowest BCUT2D eigenvalue weighted by Crippen LogP contribution is -2.54. The summed E-state index contributed by atoms with van der Waals surface area (Å²) in [6, 6.07) is 13.3. The van der Waals surface area contributed by atoms with Crippen molar-refractivity contribution in [2.24, 2.45) is 5.92 Å². The fourth-order valence-corrected chi connectivity index (χ4v) is 6.49. The topological polar surface area (TPSA) is 93.3 Å². The number of aryl methyl sites for hydroxylation is 1. The average molecular weight is 544 g/mol. The van der Waals surface area contributed by atoms with Gasteiger partial charge in [-0.2, -0.15) is 0 Å². The Balaban J connectivity index is 0.991. The minimum absolute atomic E-state index is 0.117. The van der Waals surface area contributed by atoms with Gasteiger partial charge >= 0.3 is 0 Å². The van der Waals surface area contributed by atoms with Crippen LogP contribution in [0.25, 0.3) is 0 Å². The summed E-state index contributed by atoms with van der Waals surface area (Å²) >= 11 is 0. The van der Waals surface area contributed by atoms with Crippen LogP contribution in [-0.4, -0.2) is 85.3 Å². The van der Waals surface area contributed by atoms with Crippen LogP contribution in [0.4, 0.5) is 11.4 Å². The molecule has 4 aliphatic rings. The minimum Gasteiger partial charge on any atom is -0.372 e. The van der Waals surface area contributed by atoms with Crippen molar-refractivity contribution >= 4 is 35.0 Å². The van der Waals surface area contributed by atoms with Crippen molar-refractivity contribution in [3.8, 4) is 0 Å². The van der Waals surface area contributed by atoms with Gasteiger partial charge in [0.15, 0.2) is 0 Å². The molecule has 3 saturated heterocycles. The lowest BCUT2D eigenvalue weighted by molar-refractivity contribution is -0.136. The van der Waals surface area contributed by atoms with Crippen LogP contribution in [0, 0.1) is 12.8 Å². The average Bonchev–Trinajstić information content (AvgIpc) is 3.22. The predicted molar refractivity (Wildman–Crippen MR) is 152 cm³/mol. The van der Waals surface area contributed by atoms with E-state index in [1.807, 2.05) is 6.07 Å². The molecule has 4 aliphatic heterocycles. The van der Waals surface area contributed by atoms with E-state index in [2.05, 4.69) is 51.2 Å². The Kier molecular flexibility index (Phi) is 7.31. The molecule has 4 amide bonds. The molecule has 1 unspecified atom stereocenters. The van der Waals surface area contributed by atoms with E-state index < -0.39 is 23.8 Å². The Labute approximate surface area is 235 Å². The fourth-order valence-electron chi connectivity index (χ4n) is 6.49. The van der Waals surface area contributed by atoms with E-state index in [9.17, 15) is 19.2 Å². The van der Waals surface area contributed by atoms with Crippen LogP contribution in [0.5, 0.6) is 0 Å². The van der Waals surface area contributed by atoms with Crippen LogP contribution < -0.4 is 15.1 Å². The zero-order valence-corrected chi connectivity index (χ0v) is 23.1. The van der Waals surface area contributed by atoms with Gasteiger partial charge < -0.3 is 9.80 Å². The highest BCUT2D eigenvalue weighted by Crippen LogP contribution is 2.31. The maximum atomic E-state index is 13.2. The van der Waals surface area contributed by atoms with Crippen molar-refractivity contribution < 1.29 is 19.2 Å². The number of carbonyl (C=O) groups excluding carboxylic acids is 4. The predicted octanol–water partition coefficient (Wildman–Crippen LogP) is 2.82. The Morgan fingerprint density at radius 1 is 0.750 bits per heavy atom. The zero-order chi connectivity index (χ0) is 27.8. The molecule has 2 aromatic carbocycles. The molecular weight excluding hydrogens is 506 g/mol. The maximum Gasteiger partial charge on any atom is 0.262 e. The fraction of sp³-hybridized carbons (Fsp3) is 0.484. The van der Waals surface area contributed by atoms with Gasteiger partial charge in [0.25, 0.3) is 11.8 Å². The van der Waals surface area contributed by atoms with Crippen LogP contribution in [-0.2, 0) is 9.59 Å². The van der Waals surface area contributed by atoms with Crippen molar-refractivity contribution in [2.45, 2.75) is 45.1 Å². The van der Waals surface area contributed by atoms with Crippen molar-refractivity contribution in [1.82, 2.24) is 15.1 Å². The zero-order valence-electron chi connectivity index (χ0n) is 23.1. The highest BCUT2D eigenvalue weighted by molar-refractivity contribution is 6.23. The molecule has 0 spiro atoms. The third kappa shape index (κ3) is 5.22. The van der Waals surface area contributed by atoms with Crippen molar-refractivity contribution in [2.75, 3.05) is 55.6 Å². The van der Waals surface area contributed by atoms with Crippen molar-refractivity contribution in [3.63, 3.8) is 0 Å². The third-order valence-corrected chi connectivity index (χ3v) is 9.03. The molecule has 0 aromatic heterocycles. The lowest BCUT2D eigenvalue weighted by atomic mass is 9.93. The number of amides is 4. The molecule has 0 saturated carbocycles. The summed E-state index contributed by atoms with van der Waals surface area (Å²) in [7, 11) is 0. The summed E-state index contributed by atoms with van der Waals surface area (Å²) in [5.74, 6) is -1.10. The van der Waals surface area contributed by atoms with Crippen LogP contribution >= 0.6 is 0 Å². The molecule has 210 valence electrons. The van der Waals surface area contributed by atoms with Crippen LogP contribution in [0.15, 0.2) is 42.5 Å². The number of piperidine rings is 2. The third-order valence-electron chi connectivity index (χ3n) is 9.03. The molecule has 3 fully saturated rings. The summed E-state index contributed by atoms with van der Waals surface area (Å²) in [4.78, 5) is 58.3. The van der Waals surface area contributed by atoms with Crippen molar-refractivity contribution in [1.29, 1.82) is 0 Å². The molecule has 1 N–H and O–H groups in total. The number of fused-ring (bicyclic) bond motifs is 1. The monoisotopic (exact) mass is 543 g/mol. The van der Waals surface area contributed by atoms with E-state index in [0.717, 1.165) is 62.3 Å². The molecule has 4 heterocycles. The molecule has 0 aliphatic carbocycles. The summed E-state index contributed by atoms with van der Waals surface area (Å²) in [5, 5.41) is 2.24. The quantitative estimate of drug-likeness (QED) is 0.560. The van der Waals surface area contributed by atoms with Gasteiger partial charge in [-0.25, -0.2) is 0 Å². The first-order valence-electron chi connectivity index (χ1n) is 14.5. The number of imide groups is 2. The highest BCUT2D eigenvalue weighted by atomic mass is 16.2. The van der Waals surface area contributed by atoms with Gasteiger partial charge in [-0.3, -0.25) is 34.3 Å². The lowest BCUT2D eigenvalue weighted by Gasteiger charge is -2.38. The van der Waals surface area contributed by atoms with Gasteiger partial charge in [-0.15, -0.1) is 0 Å². The standard InChI is InChI=1S/C31H37N5O4/c1-21-2-4-23(5-3-21)34-14-11-22(12-15-34)10-13-33-16-18-35(19-17-33)24-6-7-25-26(20-24)31(40)36(30(25)39)27-8-9-28(37)32-29(27)38/h2-7,20,22,27H,8-19H2,1H3,(H,32,37,38). The molecule has 0 bridgehead atoms. The second-order valence-electron chi connectivity index (χ2n) is 11.6. The molecule has 0 radical (unpaired) electrons. The van der Waals surface area contributed by atoms with Crippen LogP contribution in [0.3, 0.4) is 0 Å². The Hall–Kier alpha value is -3.72. The second-order valence-corrected chi connectivity index (χ2v) is 11.6. The van der Waals surface area contributed by atoms with Gasteiger partial charge in [0, 0.05) is 57.1 Å². The molecular formula is C31H37N5O4. The van der Waals surface area contributed by atoms with Crippen molar-refractivity contribution in [3.05, 3.63) is 59.2 Å². The first-order chi connectivity index (χ1) is 19.4. The normalized spacial score (nSPS) is 22.6. The number of anilines is 2. The van der Waals surface area contributed by atoms with Crippen LogP contribution in [0.1, 0.15) is 58.4 Å².